The molecule has 0 unspecified atom stereocenters. The van der Waals surface area contributed by atoms with Crippen molar-refractivity contribution in [3.05, 3.63) is 30.3 Å². The van der Waals surface area contributed by atoms with Crippen molar-refractivity contribution in [2.24, 2.45) is 4.99 Å². The normalized spacial score (nSPS) is 16.6. The molecule has 1 aliphatic heterocycles. The van der Waals surface area contributed by atoms with Crippen molar-refractivity contribution in [3.8, 4) is 0 Å². The number of guanidine groups is 1. The molecule has 0 spiro atoms. The fourth-order valence-corrected chi connectivity index (χ4v) is 3.70. The Balaban J connectivity index is 1.79. The maximum atomic E-state index is 12.3. The second-order valence-electron chi connectivity index (χ2n) is 5.77. The topological polar surface area (TPSA) is 83.0 Å². The molecule has 1 fully saturated rings. The van der Waals surface area contributed by atoms with E-state index < -0.39 is 9.84 Å². The Morgan fingerprint density at radius 3 is 2.60 bits per heavy atom. The minimum Gasteiger partial charge on any atom is -0.379 e. The zero-order valence-electron chi connectivity index (χ0n) is 14.8. The Kier molecular flexibility index (Phi) is 8.17. The van der Waals surface area contributed by atoms with Gasteiger partial charge in [-0.2, -0.15) is 0 Å². The number of morpholine rings is 1. The van der Waals surface area contributed by atoms with Gasteiger partial charge in [-0.1, -0.05) is 18.2 Å². The zero-order valence-corrected chi connectivity index (χ0v) is 15.6. The van der Waals surface area contributed by atoms with Crippen LogP contribution in [0.3, 0.4) is 0 Å². The average Bonchev–Trinajstić information content (AvgIpc) is 2.63. The zero-order chi connectivity index (χ0) is 18.0. The van der Waals surface area contributed by atoms with Crippen LogP contribution in [0, 0.1) is 0 Å². The van der Waals surface area contributed by atoms with Crippen LogP contribution in [0.2, 0.25) is 0 Å². The van der Waals surface area contributed by atoms with E-state index in [0.29, 0.717) is 23.9 Å². The third-order valence-electron chi connectivity index (χ3n) is 3.90. The third-order valence-corrected chi connectivity index (χ3v) is 5.63. The first-order chi connectivity index (χ1) is 12.1. The quantitative estimate of drug-likeness (QED) is 0.509. The number of nitrogens with zero attached hydrogens (tertiary/aromatic N) is 2. The molecule has 1 aromatic carbocycles. The highest BCUT2D eigenvalue weighted by molar-refractivity contribution is 7.91. The van der Waals surface area contributed by atoms with E-state index in [1.807, 2.05) is 13.0 Å². The second kappa shape index (κ2) is 10.4. The molecule has 2 rings (SSSR count). The van der Waals surface area contributed by atoms with Crippen LogP contribution in [-0.4, -0.2) is 77.5 Å². The Morgan fingerprint density at radius 1 is 1.20 bits per heavy atom. The van der Waals surface area contributed by atoms with E-state index in [1.165, 1.54) is 0 Å². The van der Waals surface area contributed by atoms with Crippen LogP contribution < -0.4 is 10.6 Å². The minimum absolute atomic E-state index is 0.0326. The van der Waals surface area contributed by atoms with Crippen molar-refractivity contribution >= 4 is 15.8 Å². The smallest absolute Gasteiger partial charge is 0.191 e. The molecule has 0 aliphatic carbocycles. The molecule has 0 amide bonds. The lowest BCUT2D eigenvalue weighted by molar-refractivity contribution is 0.0394. The van der Waals surface area contributed by atoms with Gasteiger partial charge in [0.2, 0.25) is 0 Å². The predicted octanol–water partition coefficient (Wildman–Crippen LogP) is 0.348. The van der Waals surface area contributed by atoms with Crippen molar-refractivity contribution < 1.29 is 13.2 Å². The first-order valence-electron chi connectivity index (χ1n) is 8.72. The van der Waals surface area contributed by atoms with E-state index in [2.05, 4.69) is 20.5 Å². The van der Waals surface area contributed by atoms with Crippen molar-refractivity contribution in [1.82, 2.24) is 15.5 Å². The van der Waals surface area contributed by atoms with Crippen molar-refractivity contribution in [1.29, 1.82) is 0 Å². The Labute approximate surface area is 150 Å². The maximum absolute atomic E-state index is 12.3. The molecule has 0 radical (unpaired) electrons. The van der Waals surface area contributed by atoms with Crippen LogP contribution in [0.5, 0.6) is 0 Å². The molecule has 140 valence electrons. The fraction of sp³-hybridized carbons (Fsp3) is 0.588. The Hall–Kier alpha value is -1.64. The number of hydrogen-bond donors (Lipinski definition) is 2. The van der Waals surface area contributed by atoms with E-state index in [0.717, 1.165) is 39.4 Å². The molecule has 2 N–H and O–H groups in total. The van der Waals surface area contributed by atoms with Crippen molar-refractivity contribution in [3.63, 3.8) is 0 Å². The van der Waals surface area contributed by atoms with Crippen LogP contribution in [0.1, 0.15) is 6.92 Å². The van der Waals surface area contributed by atoms with Gasteiger partial charge in [0, 0.05) is 32.7 Å². The van der Waals surface area contributed by atoms with Crippen LogP contribution in [-0.2, 0) is 14.6 Å². The molecule has 0 atom stereocenters. The summed E-state index contributed by atoms with van der Waals surface area (Å²) in [6.07, 6.45) is 0. The molecule has 1 aromatic rings. The number of rotatable bonds is 8. The van der Waals surface area contributed by atoms with Gasteiger partial charge in [0.25, 0.3) is 0 Å². The van der Waals surface area contributed by atoms with E-state index in [4.69, 9.17) is 4.74 Å². The number of ether oxygens (including phenoxy) is 1. The van der Waals surface area contributed by atoms with Crippen LogP contribution in [0.25, 0.3) is 0 Å². The SMILES string of the molecule is CCNC(=NCCN1CCOCC1)NCCS(=O)(=O)c1ccccc1. The first kappa shape index (κ1) is 19.7. The van der Waals surface area contributed by atoms with Gasteiger partial charge in [-0.3, -0.25) is 9.89 Å². The molecule has 1 heterocycles. The third kappa shape index (κ3) is 7.01. The molecule has 1 saturated heterocycles. The number of hydrogen-bond acceptors (Lipinski definition) is 5. The standard InChI is InChI=1S/C17H28N4O3S/c1-2-18-17(19-8-10-21-11-13-24-14-12-21)20-9-15-25(22,23)16-6-4-3-5-7-16/h3-7H,2,8-15H2,1H3,(H2,18,19,20). The Bertz CT molecular complexity index is 629. The second-order valence-corrected chi connectivity index (χ2v) is 7.88. The molecule has 0 bridgehead atoms. The summed E-state index contributed by atoms with van der Waals surface area (Å²) >= 11 is 0. The van der Waals surface area contributed by atoms with E-state index in [-0.39, 0.29) is 5.75 Å². The maximum Gasteiger partial charge on any atom is 0.191 e. The molecule has 25 heavy (non-hydrogen) atoms. The highest BCUT2D eigenvalue weighted by Crippen LogP contribution is 2.09. The summed E-state index contributed by atoms with van der Waals surface area (Å²) in [7, 11) is -3.28. The summed E-state index contributed by atoms with van der Waals surface area (Å²) in [6, 6.07) is 8.52. The van der Waals surface area contributed by atoms with Gasteiger partial charge < -0.3 is 15.4 Å². The molecule has 7 nitrogen and oxygen atoms in total. The van der Waals surface area contributed by atoms with Gasteiger partial charge in [-0.05, 0) is 19.1 Å². The first-order valence-corrected chi connectivity index (χ1v) is 10.4. The lowest BCUT2D eigenvalue weighted by Crippen LogP contribution is -2.41. The number of nitrogens with one attached hydrogen (secondary N) is 2. The number of benzene rings is 1. The highest BCUT2D eigenvalue weighted by Gasteiger charge is 2.13. The van der Waals surface area contributed by atoms with Gasteiger partial charge in [0.05, 0.1) is 30.4 Å². The molecule has 0 aromatic heterocycles. The average molecular weight is 369 g/mol. The molecular formula is C17H28N4O3S. The predicted molar refractivity (Wildman–Crippen MR) is 99.7 cm³/mol. The van der Waals surface area contributed by atoms with Gasteiger partial charge in [-0.25, -0.2) is 8.42 Å². The Morgan fingerprint density at radius 2 is 1.92 bits per heavy atom. The van der Waals surface area contributed by atoms with Gasteiger partial charge in [-0.15, -0.1) is 0 Å². The van der Waals surface area contributed by atoms with Gasteiger partial charge in [0.1, 0.15) is 0 Å². The molecule has 0 saturated carbocycles. The summed E-state index contributed by atoms with van der Waals surface area (Å²) in [5.41, 5.74) is 0. The van der Waals surface area contributed by atoms with Gasteiger partial charge >= 0.3 is 0 Å². The van der Waals surface area contributed by atoms with Crippen LogP contribution >= 0.6 is 0 Å². The van der Waals surface area contributed by atoms with E-state index >= 15 is 0 Å². The highest BCUT2D eigenvalue weighted by atomic mass is 32.2. The lowest BCUT2D eigenvalue weighted by atomic mass is 10.4. The molecule has 1 aliphatic rings. The van der Waals surface area contributed by atoms with Crippen LogP contribution in [0.4, 0.5) is 0 Å². The summed E-state index contributed by atoms with van der Waals surface area (Å²) in [5.74, 6) is 0.685. The monoisotopic (exact) mass is 368 g/mol. The fourth-order valence-electron chi connectivity index (χ4n) is 2.52. The van der Waals surface area contributed by atoms with Crippen molar-refractivity contribution in [2.75, 3.05) is 58.2 Å². The summed E-state index contributed by atoms with van der Waals surface area (Å²) in [5, 5.41) is 6.25. The van der Waals surface area contributed by atoms with E-state index in [9.17, 15) is 8.42 Å². The minimum atomic E-state index is -3.28. The molecular weight excluding hydrogens is 340 g/mol. The largest absolute Gasteiger partial charge is 0.379 e. The lowest BCUT2D eigenvalue weighted by Gasteiger charge is -2.25. The van der Waals surface area contributed by atoms with Gasteiger partial charge in [0.15, 0.2) is 15.8 Å². The molecule has 8 heteroatoms. The number of aliphatic imine (C=N–C) groups is 1. The van der Waals surface area contributed by atoms with Crippen LogP contribution in [0.15, 0.2) is 40.2 Å². The summed E-state index contributed by atoms with van der Waals surface area (Å²) in [6.45, 7) is 8.01. The summed E-state index contributed by atoms with van der Waals surface area (Å²) < 4.78 is 29.9. The van der Waals surface area contributed by atoms with E-state index in [1.54, 1.807) is 24.3 Å². The number of sulfone groups is 1. The summed E-state index contributed by atoms with van der Waals surface area (Å²) in [4.78, 5) is 7.19. The van der Waals surface area contributed by atoms with Crippen molar-refractivity contribution in [2.45, 2.75) is 11.8 Å².